The summed E-state index contributed by atoms with van der Waals surface area (Å²) in [6, 6.07) is 0. The largest absolute Gasteiger partial charge is 0.0998 e. The van der Waals surface area contributed by atoms with Gasteiger partial charge < -0.3 is 0 Å². The first-order chi connectivity index (χ1) is 7.99. The summed E-state index contributed by atoms with van der Waals surface area (Å²) >= 11 is 0. The van der Waals surface area contributed by atoms with Crippen LogP contribution in [0.5, 0.6) is 0 Å². The van der Waals surface area contributed by atoms with Gasteiger partial charge in [0.1, 0.15) is 0 Å². The number of hydrogen-bond donors (Lipinski definition) is 0. The van der Waals surface area contributed by atoms with Gasteiger partial charge in [-0.15, -0.1) is 0 Å². The molecule has 0 saturated carbocycles. The highest BCUT2D eigenvalue weighted by molar-refractivity contribution is 5.27. The fraction of sp³-hybridized carbons (Fsp3) is 0.529. The molecule has 0 aromatic rings. The molecule has 0 saturated heterocycles. The van der Waals surface area contributed by atoms with Gasteiger partial charge in [0.05, 0.1) is 0 Å². The SMILES string of the molecule is C=C(C)CC1=CC=C(CCC(C)=C(C)C)CC1. The van der Waals surface area contributed by atoms with E-state index < -0.39 is 0 Å². The van der Waals surface area contributed by atoms with E-state index in [2.05, 4.69) is 46.4 Å². The Kier molecular flexibility index (Phi) is 5.47. The molecule has 17 heavy (non-hydrogen) atoms. The first-order valence-electron chi connectivity index (χ1n) is 6.64. The lowest BCUT2D eigenvalue weighted by atomic mass is 9.91. The van der Waals surface area contributed by atoms with Gasteiger partial charge in [0.2, 0.25) is 0 Å². The molecule has 0 unspecified atom stereocenters. The number of rotatable bonds is 5. The van der Waals surface area contributed by atoms with Crippen LogP contribution in [0.2, 0.25) is 0 Å². The van der Waals surface area contributed by atoms with Crippen LogP contribution in [-0.2, 0) is 0 Å². The Hall–Kier alpha value is -1.04. The van der Waals surface area contributed by atoms with Gasteiger partial charge in [0, 0.05) is 0 Å². The van der Waals surface area contributed by atoms with E-state index >= 15 is 0 Å². The van der Waals surface area contributed by atoms with E-state index in [1.165, 1.54) is 36.8 Å². The molecule has 0 spiro atoms. The zero-order chi connectivity index (χ0) is 12.8. The maximum absolute atomic E-state index is 3.98. The second-order valence-electron chi connectivity index (χ2n) is 5.56. The van der Waals surface area contributed by atoms with Gasteiger partial charge in [-0.25, -0.2) is 0 Å². The molecule has 0 heteroatoms. The lowest BCUT2D eigenvalue weighted by Gasteiger charge is -2.15. The molecule has 1 aliphatic carbocycles. The van der Waals surface area contributed by atoms with Crippen LogP contribution in [0.15, 0.2) is 46.6 Å². The molecule has 1 aliphatic rings. The maximum atomic E-state index is 3.98. The Labute approximate surface area is 107 Å². The third-order valence-electron chi connectivity index (χ3n) is 3.53. The molecule has 0 aliphatic heterocycles. The monoisotopic (exact) mass is 230 g/mol. The molecule has 0 aromatic heterocycles. The van der Waals surface area contributed by atoms with E-state index in [9.17, 15) is 0 Å². The van der Waals surface area contributed by atoms with Crippen LogP contribution in [0.1, 0.15) is 59.8 Å². The van der Waals surface area contributed by atoms with Crippen molar-refractivity contribution in [2.24, 2.45) is 0 Å². The van der Waals surface area contributed by atoms with Crippen LogP contribution >= 0.6 is 0 Å². The predicted molar refractivity (Wildman–Crippen MR) is 78.1 cm³/mol. The van der Waals surface area contributed by atoms with E-state index in [-0.39, 0.29) is 0 Å². The molecule has 0 aromatic carbocycles. The molecule has 1 rings (SSSR count). The summed E-state index contributed by atoms with van der Waals surface area (Å²) in [5.74, 6) is 0. The molecule has 0 N–H and O–H groups in total. The second kappa shape index (κ2) is 6.64. The summed E-state index contributed by atoms with van der Waals surface area (Å²) in [6.07, 6.45) is 10.6. The van der Waals surface area contributed by atoms with Gasteiger partial charge in [0.25, 0.3) is 0 Å². The Bertz CT molecular complexity index is 371. The maximum Gasteiger partial charge on any atom is -0.0111 e. The average Bonchev–Trinajstić information content (AvgIpc) is 2.26. The lowest BCUT2D eigenvalue weighted by Crippen LogP contribution is -1.95. The van der Waals surface area contributed by atoms with Gasteiger partial charge in [-0.2, -0.15) is 0 Å². The highest BCUT2D eigenvalue weighted by Gasteiger charge is 2.07. The Morgan fingerprint density at radius 3 is 2.12 bits per heavy atom. The lowest BCUT2D eigenvalue weighted by molar-refractivity contribution is 0.792. The number of allylic oxidation sites excluding steroid dienone is 7. The Morgan fingerprint density at radius 2 is 1.65 bits per heavy atom. The molecule has 0 bridgehead atoms. The molecule has 94 valence electrons. The van der Waals surface area contributed by atoms with Crippen molar-refractivity contribution in [1.82, 2.24) is 0 Å². The van der Waals surface area contributed by atoms with E-state index in [1.54, 1.807) is 16.7 Å². The first kappa shape index (κ1) is 14.0. The van der Waals surface area contributed by atoms with Gasteiger partial charge >= 0.3 is 0 Å². The molecule has 0 amide bonds. The molecule has 0 heterocycles. The second-order valence-corrected chi connectivity index (χ2v) is 5.56. The van der Waals surface area contributed by atoms with Crippen LogP contribution in [-0.4, -0.2) is 0 Å². The fourth-order valence-electron chi connectivity index (χ4n) is 2.06. The average molecular weight is 230 g/mol. The summed E-state index contributed by atoms with van der Waals surface area (Å²) < 4.78 is 0. The predicted octanol–water partition coefficient (Wildman–Crippen LogP) is 5.74. The van der Waals surface area contributed by atoms with Gasteiger partial charge in [0.15, 0.2) is 0 Å². The van der Waals surface area contributed by atoms with Crippen LogP contribution in [0, 0.1) is 0 Å². The Morgan fingerprint density at radius 1 is 1.06 bits per heavy atom. The van der Waals surface area contributed by atoms with Crippen molar-refractivity contribution in [2.75, 3.05) is 0 Å². The minimum Gasteiger partial charge on any atom is -0.0998 e. The summed E-state index contributed by atoms with van der Waals surface area (Å²) in [5.41, 5.74) is 7.44. The van der Waals surface area contributed by atoms with E-state index in [0.29, 0.717) is 0 Å². The van der Waals surface area contributed by atoms with Crippen molar-refractivity contribution in [3.05, 3.63) is 46.6 Å². The summed E-state index contributed by atoms with van der Waals surface area (Å²) in [4.78, 5) is 0. The van der Waals surface area contributed by atoms with E-state index in [1.807, 2.05) is 0 Å². The van der Waals surface area contributed by atoms with E-state index in [4.69, 9.17) is 0 Å². The van der Waals surface area contributed by atoms with Crippen molar-refractivity contribution in [3.63, 3.8) is 0 Å². The minimum absolute atomic E-state index is 1.08. The van der Waals surface area contributed by atoms with Crippen molar-refractivity contribution >= 4 is 0 Å². The van der Waals surface area contributed by atoms with Gasteiger partial charge in [-0.3, -0.25) is 0 Å². The standard InChI is InChI=1S/C17H26/c1-13(2)12-17-10-8-16(9-11-17)7-6-15(5)14(3)4/h8,10H,1,6-7,9,11-12H2,2-5H3. The highest BCUT2D eigenvalue weighted by atomic mass is 14.1. The van der Waals surface area contributed by atoms with E-state index in [0.717, 1.165) is 6.42 Å². The molecule has 0 fully saturated rings. The zero-order valence-electron chi connectivity index (χ0n) is 11.9. The van der Waals surface area contributed by atoms with Crippen LogP contribution in [0.4, 0.5) is 0 Å². The Balaban J connectivity index is 2.48. The smallest absolute Gasteiger partial charge is 0.0111 e. The quantitative estimate of drug-likeness (QED) is 0.529. The highest BCUT2D eigenvalue weighted by Crippen LogP contribution is 2.26. The van der Waals surface area contributed by atoms with Crippen molar-refractivity contribution < 1.29 is 0 Å². The molecule has 0 nitrogen and oxygen atoms in total. The van der Waals surface area contributed by atoms with Crippen molar-refractivity contribution in [1.29, 1.82) is 0 Å². The fourth-order valence-corrected chi connectivity index (χ4v) is 2.06. The summed E-state index contributed by atoms with van der Waals surface area (Å²) in [7, 11) is 0. The summed E-state index contributed by atoms with van der Waals surface area (Å²) in [5, 5.41) is 0. The minimum atomic E-state index is 1.08. The van der Waals surface area contributed by atoms with Gasteiger partial charge in [-0.05, 0) is 59.8 Å². The van der Waals surface area contributed by atoms with Crippen LogP contribution in [0.3, 0.4) is 0 Å². The first-order valence-corrected chi connectivity index (χ1v) is 6.64. The third-order valence-corrected chi connectivity index (χ3v) is 3.53. The summed E-state index contributed by atoms with van der Waals surface area (Å²) in [6.45, 7) is 12.7. The van der Waals surface area contributed by atoms with Crippen molar-refractivity contribution in [2.45, 2.75) is 59.8 Å². The number of hydrogen-bond acceptors (Lipinski definition) is 0. The van der Waals surface area contributed by atoms with Gasteiger partial charge in [-0.1, -0.05) is 46.6 Å². The molecule has 0 radical (unpaired) electrons. The topological polar surface area (TPSA) is 0 Å². The third kappa shape index (κ3) is 5.21. The van der Waals surface area contributed by atoms with Crippen LogP contribution in [0.25, 0.3) is 0 Å². The molecule has 0 atom stereocenters. The van der Waals surface area contributed by atoms with Crippen LogP contribution < -0.4 is 0 Å². The normalized spacial score (nSPS) is 15.1. The molecular weight excluding hydrogens is 204 g/mol. The zero-order valence-corrected chi connectivity index (χ0v) is 11.9. The molecular formula is C17H26. The van der Waals surface area contributed by atoms with Crippen molar-refractivity contribution in [3.8, 4) is 0 Å².